The Morgan fingerprint density at radius 2 is 1.64 bits per heavy atom. The van der Waals surface area contributed by atoms with E-state index in [9.17, 15) is 4.79 Å². The Kier molecular flexibility index (Phi) is 4.00. The van der Waals surface area contributed by atoms with Crippen LogP contribution in [0, 0.1) is 0 Å². The fourth-order valence-corrected chi connectivity index (χ4v) is 2.75. The topological polar surface area (TPSA) is 38.8 Å². The molecule has 22 heavy (non-hydrogen) atoms. The van der Waals surface area contributed by atoms with Crippen LogP contribution in [0.25, 0.3) is 0 Å². The zero-order valence-electron chi connectivity index (χ0n) is 12.8. The minimum Gasteiger partial charge on any atom is -0.497 e. The lowest BCUT2D eigenvalue weighted by Crippen LogP contribution is -2.35. The van der Waals surface area contributed by atoms with Crippen LogP contribution in [-0.4, -0.2) is 31.6 Å². The maximum Gasteiger partial charge on any atom is 0.254 e. The van der Waals surface area contributed by atoms with E-state index in [1.54, 1.807) is 14.2 Å². The molecule has 0 bridgehead atoms. The number of hydrogen-bond donors (Lipinski definition) is 0. The van der Waals surface area contributed by atoms with E-state index in [0.29, 0.717) is 12.1 Å². The zero-order chi connectivity index (χ0) is 15.5. The minimum absolute atomic E-state index is 0.0594. The van der Waals surface area contributed by atoms with Crippen LogP contribution in [0.1, 0.15) is 21.5 Å². The van der Waals surface area contributed by atoms with Gasteiger partial charge in [0.25, 0.3) is 5.91 Å². The molecule has 1 heterocycles. The van der Waals surface area contributed by atoms with Crippen LogP contribution < -0.4 is 9.47 Å². The molecule has 2 aromatic carbocycles. The summed E-state index contributed by atoms with van der Waals surface area (Å²) in [6, 6.07) is 13.3. The summed E-state index contributed by atoms with van der Waals surface area (Å²) in [4.78, 5) is 14.5. The monoisotopic (exact) mass is 297 g/mol. The molecule has 0 aliphatic carbocycles. The molecular formula is C18H19NO3. The molecule has 4 heteroatoms. The van der Waals surface area contributed by atoms with Crippen LogP contribution in [0.3, 0.4) is 0 Å². The van der Waals surface area contributed by atoms with Gasteiger partial charge in [0.05, 0.1) is 14.2 Å². The number of benzene rings is 2. The Morgan fingerprint density at radius 1 is 0.955 bits per heavy atom. The van der Waals surface area contributed by atoms with Crippen LogP contribution in [-0.2, 0) is 13.0 Å². The third-order valence-corrected chi connectivity index (χ3v) is 4.05. The van der Waals surface area contributed by atoms with E-state index in [-0.39, 0.29) is 5.91 Å². The van der Waals surface area contributed by atoms with E-state index < -0.39 is 0 Å². The van der Waals surface area contributed by atoms with Crippen molar-refractivity contribution in [2.24, 2.45) is 0 Å². The van der Waals surface area contributed by atoms with E-state index in [1.807, 2.05) is 41.3 Å². The molecule has 0 fully saturated rings. The van der Waals surface area contributed by atoms with Crippen LogP contribution in [0.4, 0.5) is 0 Å². The molecule has 0 aromatic heterocycles. The Hall–Kier alpha value is -2.49. The Morgan fingerprint density at radius 3 is 2.32 bits per heavy atom. The lowest BCUT2D eigenvalue weighted by atomic mass is 9.99. The van der Waals surface area contributed by atoms with Gasteiger partial charge in [-0.2, -0.15) is 0 Å². The van der Waals surface area contributed by atoms with Gasteiger partial charge in [0.15, 0.2) is 0 Å². The summed E-state index contributed by atoms with van der Waals surface area (Å²) in [5.74, 6) is 1.69. The second-order valence-electron chi connectivity index (χ2n) is 5.34. The number of carbonyl (C=O) groups excluding carboxylic acids is 1. The molecule has 3 rings (SSSR count). The van der Waals surface area contributed by atoms with Crippen LogP contribution in [0.2, 0.25) is 0 Å². The van der Waals surface area contributed by atoms with Gasteiger partial charge in [-0.15, -0.1) is 0 Å². The highest BCUT2D eigenvalue weighted by molar-refractivity contribution is 5.94. The molecule has 1 aliphatic heterocycles. The third kappa shape index (κ3) is 2.77. The SMILES string of the molecule is COc1ccc(C(=O)N2CCc3cc(OC)ccc3C2)cc1. The average molecular weight is 297 g/mol. The van der Waals surface area contributed by atoms with E-state index in [2.05, 4.69) is 6.07 Å². The second-order valence-corrected chi connectivity index (χ2v) is 5.34. The van der Waals surface area contributed by atoms with Gasteiger partial charge >= 0.3 is 0 Å². The van der Waals surface area contributed by atoms with Crippen molar-refractivity contribution in [2.45, 2.75) is 13.0 Å². The minimum atomic E-state index is 0.0594. The first-order chi connectivity index (χ1) is 10.7. The van der Waals surface area contributed by atoms with Crippen LogP contribution >= 0.6 is 0 Å². The number of rotatable bonds is 3. The number of amides is 1. The van der Waals surface area contributed by atoms with Crippen LogP contribution in [0.15, 0.2) is 42.5 Å². The van der Waals surface area contributed by atoms with Crippen molar-refractivity contribution in [3.63, 3.8) is 0 Å². The highest BCUT2D eigenvalue weighted by Crippen LogP contribution is 2.25. The Labute approximate surface area is 130 Å². The summed E-state index contributed by atoms with van der Waals surface area (Å²) in [5, 5.41) is 0. The standard InChI is InChI=1S/C18H19NO3/c1-21-16-6-3-13(4-7-16)18(20)19-10-9-14-11-17(22-2)8-5-15(14)12-19/h3-8,11H,9-10,12H2,1-2H3. The summed E-state index contributed by atoms with van der Waals surface area (Å²) in [5.41, 5.74) is 3.14. The summed E-state index contributed by atoms with van der Waals surface area (Å²) in [6.07, 6.45) is 0.856. The van der Waals surface area contributed by atoms with Crippen LogP contribution in [0.5, 0.6) is 11.5 Å². The molecule has 0 spiro atoms. The smallest absolute Gasteiger partial charge is 0.254 e. The number of methoxy groups -OCH3 is 2. The highest BCUT2D eigenvalue weighted by Gasteiger charge is 2.22. The second kappa shape index (κ2) is 6.10. The first-order valence-corrected chi connectivity index (χ1v) is 7.30. The molecule has 0 saturated heterocycles. The number of ether oxygens (including phenoxy) is 2. The van der Waals surface area contributed by atoms with E-state index in [1.165, 1.54) is 11.1 Å². The molecule has 0 saturated carbocycles. The van der Waals surface area contributed by atoms with Gasteiger partial charge in [0.2, 0.25) is 0 Å². The molecule has 1 aliphatic rings. The number of carbonyl (C=O) groups is 1. The van der Waals surface area contributed by atoms with Gasteiger partial charge in [-0.25, -0.2) is 0 Å². The molecule has 0 atom stereocenters. The Balaban J connectivity index is 1.77. The quantitative estimate of drug-likeness (QED) is 0.874. The van der Waals surface area contributed by atoms with Crippen molar-refractivity contribution < 1.29 is 14.3 Å². The fraction of sp³-hybridized carbons (Fsp3) is 0.278. The predicted octanol–water partition coefficient (Wildman–Crippen LogP) is 2.90. The first kappa shape index (κ1) is 14.4. The summed E-state index contributed by atoms with van der Waals surface area (Å²) in [6.45, 7) is 1.37. The van der Waals surface area contributed by atoms with Gasteiger partial charge in [0.1, 0.15) is 11.5 Å². The highest BCUT2D eigenvalue weighted by atomic mass is 16.5. The number of hydrogen-bond acceptors (Lipinski definition) is 3. The van der Waals surface area contributed by atoms with Crippen molar-refractivity contribution >= 4 is 5.91 Å². The maximum absolute atomic E-state index is 12.6. The molecule has 1 amide bonds. The predicted molar refractivity (Wildman–Crippen MR) is 84.4 cm³/mol. The van der Waals surface area contributed by atoms with Crippen molar-refractivity contribution in [3.05, 3.63) is 59.2 Å². The lowest BCUT2D eigenvalue weighted by molar-refractivity contribution is 0.0734. The van der Waals surface area contributed by atoms with Gasteiger partial charge in [-0.1, -0.05) is 6.07 Å². The lowest BCUT2D eigenvalue weighted by Gasteiger charge is -2.29. The van der Waals surface area contributed by atoms with Crippen molar-refractivity contribution in [1.29, 1.82) is 0 Å². The first-order valence-electron chi connectivity index (χ1n) is 7.30. The number of nitrogens with zero attached hydrogens (tertiary/aromatic N) is 1. The molecule has 0 N–H and O–H groups in total. The molecule has 0 radical (unpaired) electrons. The van der Waals surface area contributed by atoms with E-state index >= 15 is 0 Å². The largest absolute Gasteiger partial charge is 0.497 e. The molecule has 4 nitrogen and oxygen atoms in total. The van der Waals surface area contributed by atoms with Crippen molar-refractivity contribution in [3.8, 4) is 11.5 Å². The molecule has 0 unspecified atom stereocenters. The fourth-order valence-electron chi connectivity index (χ4n) is 2.75. The summed E-state index contributed by atoms with van der Waals surface area (Å²) >= 11 is 0. The third-order valence-electron chi connectivity index (χ3n) is 4.05. The van der Waals surface area contributed by atoms with E-state index in [0.717, 1.165) is 24.5 Å². The zero-order valence-corrected chi connectivity index (χ0v) is 12.8. The summed E-state index contributed by atoms with van der Waals surface area (Å²) < 4.78 is 10.4. The normalized spacial score (nSPS) is 13.5. The maximum atomic E-state index is 12.6. The molecule has 114 valence electrons. The van der Waals surface area contributed by atoms with Gasteiger partial charge in [-0.3, -0.25) is 4.79 Å². The van der Waals surface area contributed by atoms with E-state index in [4.69, 9.17) is 9.47 Å². The van der Waals surface area contributed by atoms with Gasteiger partial charge in [0, 0.05) is 18.7 Å². The van der Waals surface area contributed by atoms with Gasteiger partial charge < -0.3 is 14.4 Å². The van der Waals surface area contributed by atoms with Crippen molar-refractivity contribution in [2.75, 3.05) is 20.8 Å². The Bertz CT molecular complexity index is 679. The molecule has 2 aromatic rings. The molecular weight excluding hydrogens is 278 g/mol. The average Bonchev–Trinajstić information content (AvgIpc) is 2.60. The van der Waals surface area contributed by atoms with Gasteiger partial charge in [-0.05, 0) is 53.9 Å². The summed E-state index contributed by atoms with van der Waals surface area (Å²) in [7, 11) is 3.29. The van der Waals surface area contributed by atoms with Crippen molar-refractivity contribution in [1.82, 2.24) is 4.90 Å². The number of fused-ring (bicyclic) bond motifs is 1.